The molecule has 0 aliphatic rings. The van der Waals surface area contributed by atoms with Gasteiger partial charge in [-0.25, -0.2) is 0 Å². The zero-order chi connectivity index (χ0) is 8.53. The monoisotopic (exact) mass is 243 g/mol. The number of rotatable bonds is 7. The smallest absolute Gasteiger partial charge is 0.412 e. The third-order valence-corrected chi connectivity index (χ3v) is 2.51. The Hall–Kier alpha value is 0.594. The first-order valence-corrected chi connectivity index (χ1v) is 6.02. The molecule has 0 radical (unpaired) electrons. The second-order valence-electron chi connectivity index (χ2n) is 3.70. The summed E-state index contributed by atoms with van der Waals surface area (Å²) in [6.45, 7) is 4.62. The summed E-state index contributed by atoms with van der Waals surface area (Å²) in [5, 5.41) is 0. The van der Waals surface area contributed by atoms with E-state index in [1.807, 2.05) is 0 Å². The van der Waals surface area contributed by atoms with Gasteiger partial charge in [0.2, 0.25) is 0 Å². The van der Waals surface area contributed by atoms with Gasteiger partial charge in [-0.2, -0.15) is 0 Å². The molecule has 89 valence electrons. The number of hydrogen-bond acceptors (Lipinski definition) is 0. The molecule has 0 aliphatic carbocycles. The Kier molecular flexibility index (Phi) is 33.0. The molecule has 3 nitrogen and oxygen atoms in total. The van der Waals surface area contributed by atoms with Crippen molar-refractivity contribution in [3.8, 4) is 0 Å². The van der Waals surface area contributed by atoms with E-state index in [-0.39, 0.29) is 16.4 Å². The fourth-order valence-electron chi connectivity index (χ4n) is 1.21. The summed E-state index contributed by atoms with van der Waals surface area (Å²) in [5.41, 5.74) is 0. The summed E-state index contributed by atoms with van der Waals surface area (Å²) in [7, 11) is 0. The standard InChI is InChI=1S/C10H21.3H2O.Ti/c1-4-5-6-7-8-9-10(2)3;;;;/h10H,1,4-9H2,2-3H3;3*1H2;. The fraction of sp³-hybridized carbons (Fsp3) is 1.00. The van der Waals surface area contributed by atoms with Crippen molar-refractivity contribution in [2.75, 3.05) is 0 Å². The first-order valence-electron chi connectivity index (χ1n) is 4.92. The molecular formula is C10H27O3Ti. The number of hydrogen-bond donors (Lipinski definition) is 0. The van der Waals surface area contributed by atoms with Crippen molar-refractivity contribution in [1.82, 2.24) is 0 Å². The van der Waals surface area contributed by atoms with E-state index in [1.165, 1.54) is 43.3 Å². The summed E-state index contributed by atoms with van der Waals surface area (Å²) in [4.78, 5) is 0. The van der Waals surface area contributed by atoms with E-state index in [4.69, 9.17) is 0 Å². The van der Waals surface area contributed by atoms with Gasteiger partial charge < -0.3 is 16.4 Å². The summed E-state index contributed by atoms with van der Waals surface area (Å²) in [5.74, 6) is 0.904. The van der Waals surface area contributed by atoms with Crippen LogP contribution >= 0.6 is 0 Å². The molecular weight excluding hydrogens is 216 g/mol. The number of unbranched alkanes of at least 4 members (excludes halogenated alkanes) is 4. The summed E-state index contributed by atoms with van der Waals surface area (Å²) < 4.78 is 1.37. The van der Waals surface area contributed by atoms with Crippen LogP contribution in [0.3, 0.4) is 0 Å². The second kappa shape index (κ2) is 19.2. The van der Waals surface area contributed by atoms with Crippen LogP contribution in [0.25, 0.3) is 0 Å². The van der Waals surface area contributed by atoms with Crippen molar-refractivity contribution >= 4 is 0 Å². The summed E-state index contributed by atoms with van der Waals surface area (Å²) in [6.07, 6.45) is 8.67. The molecule has 0 fully saturated rings. The molecule has 14 heavy (non-hydrogen) atoms. The fourth-order valence-corrected chi connectivity index (χ4v) is 1.60. The van der Waals surface area contributed by atoms with Gasteiger partial charge in [-0.15, -0.1) is 0 Å². The Morgan fingerprint density at radius 2 is 1.21 bits per heavy atom. The van der Waals surface area contributed by atoms with Crippen LogP contribution in [0.15, 0.2) is 0 Å². The molecule has 0 aromatic rings. The van der Waals surface area contributed by atoms with Crippen LogP contribution in [-0.4, -0.2) is 16.4 Å². The molecule has 0 atom stereocenters. The first-order chi connectivity index (χ1) is 5.27. The SMILES string of the molecule is CC(C)CCCCCC[CH2][Ti].O.O.O. The third kappa shape index (κ3) is 22.9. The maximum absolute atomic E-state index is 2.31. The minimum Gasteiger partial charge on any atom is -0.412 e. The summed E-state index contributed by atoms with van der Waals surface area (Å²) >= 11 is 2.27. The van der Waals surface area contributed by atoms with Crippen LogP contribution in [-0.2, 0) is 20.4 Å². The third-order valence-electron chi connectivity index (χ3n) is 1.96. The Balaban J connectivity index is -0.000000167. The largest absolute Gasteiger partial charge is 0.412 e. The van der Waals surface area contributed by atoms with Gasteiger partial charge in [0.25, 0.3) is 0 Å². The van der Waals surface area contributed by atoms with Gasteiger partial charge in [0.05, 0.1) is 0 Å². The van der Waals surface area contributed by atoms with Crippen molar-refractivity contribution in [2.24, 2.45) is 5.92 Å². The maximum Gasteiger partial charge on any atom is -0.412 e. The van der Waals surface area contributed by atoms with E-state index < -0.39 is 0 Å². The molecule has 0 aliphatic heterocycles. The molecule has 4 heteroatoms. The molecule has 0 aromatic carbocycles. The van der Waals surface area contributed by atoms with E-state index in [9.17, 15) is 0 Å². The Morgan fingerprint density at radius 1 is 0.786 bits per heavy atom. The van der Waals surface area contributed by atoms with E-state index in [0.29, 0.717) is 0 Å². The van der Waals surface area contributed by atoms with Gasteiger partial charge >= 0.3 is 83.5 Å². The van der Waals surface area contributed by atoms with Crippen LogP contribution in [0, 0.1) is 5.92 Å². The summed E-state index contributed by atoms with van der Waals surface area (Å²) in [6, 6.07) is 0. The minimum absolute atomic E-state index is 0. The molecule has 6 N–H and O–H groups in total. The first kappa shape index (κ1) is 24.0. The normalized spacial score (nSPS) is 8.43. The van der Waals surface area contributed by atoms with E-state index in [0.717, 1.165) is 5.92 Å². The molecule has 0 aromatic heterocycles. The molecule has 0 heterocycles. The van der Waals surface area contributed by atoms with Gasteiger partial charge in [-0.3, -0.25) is 0 Å². The predicted octanol–water partition coefficient (Wildman–Crippen LogP) is 1.47. The average molecular weight is 243 g/mol. The molecule has 0 bridgehead atoms. The van der Waals surface area contributed by atoms with Crippen molar-refractivity contribution in [3.05, 3.63) is 0 Å². The van der Waals surface area contributed by atoms with Crippen molar-refractivity contribution < 1.29 is 36.9 Å². The Morgan fingerprint density at radius 3 is 1.64 bits per heavy atom. The van der Waals surface area contributed by atoms with Crippen LogP contribution in [0.2, 0.25) is 4.73 Å². The van der Waals surface area contributed by atoms with Crippen LogP contribution in [0.5, 0.6) is 0 Å². The zero-order valence-corrected chi connectivity index (χ0v) is 11.1. The van der Waals surface area contributed by atoms with E-state index >= 15 is 0 Å². The predicted molar refractivity (Wildman–Crippen MR) is 58.2 cm³/mol. The molecule has 0 unspecified atom stereocenters. The van der Waals surface area contributed by atoms with Gasteiger partial charge in [-0.1, -0.05) is 0 Å². The molecule has 0 saturated carbocycles. The molecule has 0 rings (SSSR count). The second-order valence-corrected chi connectivity index (χ2v) is 4.48. The Bertz CT molecular complexity index is 79.8. The van der Waals surface area contributed by atoms with E-state index in [1.54, 1.807) is 0 Å². The average Bonchev–Trinajstić information content (AvgIpc) is 1.96. The van der Waals surface area contributed by atoms with Gasteiger partial charge in [0.1, 0.15) is 0 Å². The maximum atomic E-state index is 2.31. The van der Waals surface area contributed by atoms with Crippen molar-refractivity contribution in [3.63, 3.8) is 0 Å². The zero-order valence-electron chi connectivity index (χ0n) is 9.53. The van der Waals surface area contributed by atoms with Gasteiger partial charge in [0, 0.05) is 0 Å². The van der Waals surface area contributed by atoms with Crippen LogP contribution < -0.4 is 0 Å². The minimum atomic E-state index is 0. The molecule has 0 spiro atoms. The van der Waals surface area contributed by atoms with E-state index in [2.05, 4.69) is 34.3 Å². The van der Waals surface area contributed by atoms with Crippen molar-refractivity contribution in [2.45, 2.75) is 57.1 Å². The quantitative estimate of drug-likeness (QED) is 0.478. The molecule has 0 amide bonds. The van der Waals surface area contributed by atoms with Gasteiger partial charge in [-0.05, 0) is 0 Å². The Labute approximate surface area is 100.0 Å². The topological polar surface area (TPSA) is 94.5 Å². The molecule has 0 saturated heterocycles. The van der Waals surface area contributed by atoms with Crippen molar-refractivity contribution in [1.29, 1.82) is 0 Å². The van der Waals surface area contributed by atoms with Gasteiger partial charge in [0.15, 0.2) is 0 Å². The van der Waals surface area contributed by atoms with Crippen LogP contribution in [0.4, 0.5) is 0 Å². The van der Waals surface area contributed by atoms with Crippen LogP contribution in [0.1, 0.15) is 52.4 Å².